The molecule has 1 amide bonds. The largest absolute Gasteiger partial charge is 0.354 e. The van der Waals surface area contributed by atoms with Gasteiger partial charge in [0, 0.05) is 51.0 Å². The SMILES string of the molecule is CCn1cnc2c(N3CC4CN(C(=O)CCc5ccccc5)CC4C3)ncnc21. The number of fused-ring (bicyclic) bond motifs is 2. The maximum Gasteiger partial charge on any atom is 0.222 e. The number of rotatable bonds is 5. The third kappa shape index (κ3) is 3.34. The Hall–Kier alpha value is -2.96. The molecule has 2 atom stereocenters. The number of anilines is 1. The number of aryl methyl sites for hydroxylation is 2. The number of carbonyl (C=O) groups is 1. The van der Waals surface area contributed by atoms with Crippen molar-refractivity contribution in [3.63, 3.8) is 0 Å². The van der Waals surface area contributed by atoms with E-state index in [1.807, 2.05) is 29.1 Å². The average Bonchev–Trinajstić information content (AvgIpc) is 3.45. The third-order valence-corrected chi connectivity index (χ3v) is 6.33. The topological polar surface area (TPSA) is 67.2 Å². The van der Waals surface area contributed by atoms with Gasteiger partial charge in [0.25, 0.3) is 0 Å². The van der Waals surface area contributed by atoms with Crippen LogP contribution in [0.2, 0.25) is 0 Å². The molecular formula is C22H26N6O. The third-order valence-electron chi connectivity index (χ3n) is 6.33. The van der Waals surface area contributed by atoms with E-state index in [1.54, 1.807) is 6.33 Å². The number of likely N-dealkylation sites (tertiary alicyclic amines) is 1. The molecule has 0 aliphatic carbocycles. The van der Waals surface area contributed by atoms with E-state index in [0.717, 1.165) is 56.1 Å². The first kappa shape index (κ1) is 18.1. The van der Waals surface area contributed by atoms with E-state index in [-0.39, 0.29) is 5.91 Å². The Labute approximate surface area is 170 Å². The number of hydrogen-bond donors (Lipinski definition) is 0. The Morgan fingerprint density at radius 3 is 2.52 bits per heavy atom. The minimum absolute atomic E-state index is 0.279. The lowest BCUT2D eigenvalue weighted by atomic mass is 10.0. The molecule has 0 bridgehead atoms. The van der Waals surface area contributed by atoms with Crippen molar-refractivity contribution in [2.45, 2.75) is 26.3 Å². The monoisotopic (exact) mass is 390 g/mol. The van der Waals surface area contributed by atoms with Crippen molar-refractivity contribution in [3.05, 3.63) is 48.5 Å². The second-order valence-corrected chi connectivity index (χ2v) is 8.11. The fraction of sp³-hybridized carbons (Fsp3) is 0.455. The summed E-state index contributed by atoms with van der Waals surface area (Å²) in [5.74, 6) is 2.22. The molecule has 29 heavy (non-hydrogen) atoms. The van der Waals surface area contributed by atoms with Crippen LogP contribution in [-0.4, -0.2) is 56.5 Å². The van der Waals surface area contributed by atoms with Gasteiger partial charge in [-0.3, -0.25) is 4.79 Å². The highest BCUT2D eigenvalue weighted by molar-refractivity contribution is 5.83. The lowest BCUT2D eigenvalue weighted by molar-refractivity contribution is -0.130. The fourth-order valence-electron chi connectivity index (χ4n) is 4.75. The molecule has 4 heterocycles. The average molecular weight is 390 g/mol. The van der Waals surface area contributed by atoms with Crippen molar-refractivity contribution in [2.24, 2.45) is 11.8 Å². The van der Waals surface area contributed by atoms with Crippen LogP contribution in [-0.2, 0) is 17.8 Å². The van der Waals surface area contributed by atoms with Gasteiger partial charge in [0.1, 0.15) is 6.33 Å². The van der Waals surface area contributed by atoms with Crippen LogP contribution in [0.1, 0.15) is 18.9 Å². The summed E-state index contributed by atoms with van der Waals surface area (Å²) >= 11 is 0. The van der Waals surface area contributed by atoms with E-state index in [4.69, 9.17) is 0 Å². The van der Waals surface area contributed by atoms with Gasteiger partial charge in [-0.1, -0.05) is 30.3 Å². The first-order chi connectivity index (χ1) is 14.2. The molecule has 2 saturated heterocycles. The van der Waals surface area contributed by atoms with Gasteiger partial charge in [-0.25, -0.2) is 15.0 Å². The van der Waals surface area contributed by atoms with Crippen molar-refractivity contribution >= 4 is 22.9 Å². The first-order valence-corrected chi connectivity index (χ1v) is 10.5. The summed E-state index contributed by atoms with van der Waals surface area (Å²) in [6.45, 7) is 6.50. The predicted molar refractivity (Wildman–Crippen MR) is 112 cm³/mol. The second-order valence-electron chi connectivity index (χ2n) is 8.11. The van der Waals surface area contributed by atoms with Gasteiger partial charge in [-0.2, -0.15) is 0 Å². The Bertz CT molecular complexity index is 1000. The lowest BCUT2D eigenvalue weighted by Crippen LogP contribution is -2.33. The minimum Gasteiger partial charge on any atom is -0.354 e. The summed E-state index contributed by atoms with van der Waals surface area (Å²) in [5, 5.41) is 0. The van der Waals surface area contributed by atoms with E-state index in [9.17, 15) is 4.79 Å². The molecular weight excluding hydrogens is 364 g/mol. The van der Waals surface area contributed by atoms with E-state index in [1.165, 1.54) is 5.56 Å². The summed E-state index contributed by atoms with van der Waals surface area (Å²) < 4.78 is 2.05. The molecule has 2 unspecified atom stereocenters. The molecule has 2 aliphatic rings. The zero-order chi connectivity index (χ0) is 19.8. The molecule has 3 aromatic rings. The van der Waals surface area contributed by atoms with Crippen LogP contribution < -0.4 is 4.90 Å². The molecule has 0 N–H and O–H groups in total. The van der Waals surface area contributed by atoms with Gasteiger partial charge in [-0.15, -0.1) is 0 Å². The van der Waals surface area contributed by atoms with Gasteiger partial charge in [0.05, 0.1) is 6.33 Å². The van der Waals surface area contributed by atoms with Crippen LogP contribution in [0, 0.1) is 11.8 Å². The molecule has 2 fully saturated rings. The highest BCUT2D eigenvalue weighted by Gasteiger charge is 2.42. The maximum absolute atomic E-state index is 12.7. The zero-order valence-electron chi connectivity index (χ0n) is 16.7. The normalized spacial score (nSPS) is 21.1. The zero-order valence-corrected chi connectivity index (χ0v) is 16.7. The highest BCUT2D eigenvalue weighted by atomic mass is 16.2. The van der Waals surface area contributed by atoms with Crippen molar-refractivity contribution in [3.8, 4) is 0 Å². The van der Waals surface area contributed by atoms with Crippen LogP contribution in [0.15, 0.2) is 43.0 Å². The highest BCUT2D eigenvalue weighted by Crippen LogP contribution is 2.35. The number of carbonyl (C=O) groups excluding carboxylic acids is 1. The number of hydrogen-bond acceptors (Lipinski definition) is 5. The van der Waals surface area contributed by atoms with Crippen LogP contribution >= 0.6 is 0 Å². The summed E-state index contributed by atoms with van der Waals surface area (Å²) in [6, 6.07) is 10.2. The molecule has 7 nitrogen and oxygen atoms in total. The summed E-state index contributed by atoms with van der Waals surface area (Å²) in [4.78, 5) is 30.6. The molecule has 1 aromatic carbocycles. The standard InChI is InChI=1S/C22H26N6O/c1-2-26-15-25-20-21(26)23-14-24-22(20)28-12-17-10-27(11-18(17)13-28)19(29)9-8-16-6-4-3-5-7-16/h3-7,14-15,17-18H,2,8-13H2,1H3. The Balaban J connectivity index is 1.22. The summed E-state index contributed by atoms with van der Waals surface area (Å²) in [5.41, 5.74) is 3.00. The van der Waals surface area contributed by atoms with E-state index < -0.39 is 0 Å². The number of imidazole rings is 1. The molecule has 0 saturated carbocycles. The van der Waals surface area contributed by atoms with E-state index in [0.29, 0.717) is 18.3 Å². The van der Waals surface area contributed by atoms with Crippen molar-refractivity contribution in [1.29, 1.82) is 0 Å². The van der Waals surface area contributed by atoms with Crippen LogP contribution in [0.4, 0.5) is 5.82 Å². The molecule has 0 radical (unpaired) electrons. The molecule has 0 spiro atoms. The number of aromatic nitrogens is 4. The number of benzene rings is 1. The smallest absolute Gasteiger partial charge is 0.222 e. The molecule has 7 heteroatoms. The van der Waals surface area contributed by atoms with Gasteiger partial charge >= 0.3 is 0 Å². The van der Waals surface area contributed by atoms with E-state index >= 15 is 0 Å². The van der Waals surface area contributed by atoms with Gasteiger partial charge in [0.15, 0.2) is 17.0 Å². The number of nitrogens with zero attached hydrogens (tertiary/aromatic N) is 6. The molecule has 150 valence electrons. The quantitative estimate of drug-likeness (QED) is 0.669. The Morgan fingerprint density at radius 1 is 1.03 bits per heavy atom. The van der Waals surface area contributed by atoms with Crippen molar-refractivity contribution in [1.82, 2.24) is 24.4 Å². The lowest BCUT2D eigenvalue weighted by Gasteiger charge is -2.22. The Kier molecular flexibility index (Phi) is 4.66. The Morgan fingerprint density at radius 2 is 1.79 bits per heavy atom. The van der Waals surface area contributed by atoms with Crippen LogP contribution in [0.25, 0.3) is 11.2 Å². The molecule has 5 rings (SSSR count). The second kappa shape index (κ2) is 7.46. The molecule has 2 aliphatic heterocycles. The van der Waals surface area contributed by atoms with E-state index in [2.05, 4.69) is 43.8 Å². The first-order valence-electron chi connectivity index (χ1n) is 10.5. The predicted octanol–water partition coefficient (Wildman–Crippen LogP) is 2.37. The van der Waals surface area contributed by atoms with Gasteiger partial charge in [-0.05, 0) is 18.9 Å². The minimum atomic E-state index is 0.279. The van der Waals surface area contributed by atoms with Gasteiger partial charge < -0.3 is 14.4 Å². The van der Waals surface area contributed by atoms with Gasteiger partial charge in [0.2, 0.25) is 5.91 Å². The maximum atomic E-state index is 12.7. The van der Waals surface area contributed by atoms with Crippen LogP contribution in [0.3, 0.4) is 0 Å². The summed E-state index contributed by atoms with van der Waals surface area (Å²) in [6.07, 6.45) is 4.89. The number of amides is 1. The molecule has 2 aromatic heterocycles. The van der Waals surface area contributed by atoms with Crippen molar-refractivity contribution in [2.75, 3.05) is 31.1 Å². The van der Waals surface area contributed by atoms with Crippen molar-refractivity contribution < 1.29 is 4.79 Å². The fourth-order valence-corrected chi connectivity index (χ4v) is 4.75. The van der Waals surface area contributed by atoms with Crippen LogP contribution in [0.5, 0.6) is 0 Å². The summed E-state index contributed by atoms with van der Waals surface area (Å²) in [7, 11) is 0.